The zero-order chi connectivity index (χ0) is 13.9. The molecular formula is C14H19BrO3. The Morgan fingerprint density at radius 3 is 2.33 bits per heavy atom. The predicted octanol–water partition coefficient (Wildman–Crippen LogP) is 4.09. The maximum atomic E-state index is 12.5. The number of ketones is 1. The van der Waals surface area contributed by atoms with Crippen LogP contribution < -0.4 is 9.47 Å². The third kappa shape index (κ3) is 2.69. The van der Waals surface area contributed by atoms with Crippen LogP contribution in [0.2, 0.25) is 0 Å². The number of hydrogen-bond acceptors (Lipinski definition) is 3. The third-order valence-electron chi connectivity index (χ3n) is 3.23. The number of rotatable bonds is 5. The molecule has 0 unspecified atom stereocenters. The number of carbonyl (C=O) groups excluding carboxylic acids is 1. The zero-order valence-electron chi connectivity index (χ0n) is 11.5. The minimum atomic E-state index is -0.401. The van der Waals surface area contributed by atoms with E-state index in [1.807, 2.05) is 20.8 Å². The van der Waals surface area contributed by atoms with Crippen molar-refractivity contribution in [2.24, 2.45) is 5.41 Å². The van der Waals surface area contributed by atoms with Gasteiger partial charge in [0, 0.05) is 5.41 Å². The van der Waals surface area contributed by atoms with Gasteiger partial charge in [0.1, 0.15) is 16.0 Å². The number of hydrogen-bond donors (Lipinski definition) is 0. The van der Waals surface area contributed by atoms with Crippen LogP contribution in [-0.4, -0.2) is 20.0 Å². The van der Waals surface area contributed by atoms with Gasteiger partial charge >= 0.3 is 0 Å². The first-order valence-corrected chi connectivity index (χ1v) is 6.63. The van der Waals surface area contributed by atoms with Crippen LogP contribution in [0.1, 0.15) is 37.6 Å². The highest BCUT2D eigenvalue weighted by molar-refractivity contribution is 9.10. The number of Topliss-reactive ketones (excluding diaryl/α,β-unsaturated/α-hetero) is 1. The summed E-state index contributed by atoms with van der Waals surface area (Å²) in [5.74, 6) is 1.25. The Morgan fingerprint density at radius 2 is 1.89 bits per heavy atom. The van der Waals surface area contributed by atoms with Crippen LogP contribution in [-0.2, 0) is 0 Å². The fourth-order valence-corrected chi connectivity index (χ4v) is 2.27. The smallest absolute Gasteiger partial charge is 0.172 e. The van der Waals surface area contributed by atoms with Crippen LogP contribution in [0.5, 0.6) is 11.5 Å². The van der Waals surface area contributed by atoms with E-state index in [-0.39, 0.29) is 5.78 Å². The van der Waals surface area contributed by atoms with E-state index in [0.717, 1.165) is 6.42 Å². The molecule has 0 aliphatic rings. The molecule has 0 amide bonds. The number of carbonyl (C=O) groups is 1. The zero-order valence-corrected chi connectivity index (χ0v) is 13.1. The van der Waals surface area contributed by atoms with Crippen molar-refractivity contribution >= 4 is 21.7 Å². The predicted molar refractivity (Wildman–Crippen MR) is 75.6 cm³/mol. The van der Waals surface area contributed by atoms with Gasteiger partial charge in [-0.1, -0.05) is 20.8 Å². The van der Waals surface area contributed by atoms with Crippen LogP contribution in [0.15, 0.2) is 16.6 Å². The van der Waals surface area contributed by atoms with Crippen molar-refractivity contribution in [2.45, 2.75) is 27.2 Å². The Bertz CT molecular complexity index is 453. The summed E-state index contributed by atoms with van der Waals surface area (Å²) in [5, 5.41) is 0. The van der Waals surface area contributed by atoms with E-state index >= 15 is 0 Å². The molecule has 4 heteroatoms. The summed E-state index contributed by atoms with van der Waals surface area (Å²) in [6.45, 7) is 5.88. The SMILES string of the molecule is CCC(C)(C)C(=O)c1ccc(OC)c(Br)c1OC. The average molecular weight is 315 g/mol. The van der Waals surface area contributed by atoms with E-state index in [0.29, 0.717) is 21.5 Å². The van der Waals surface area contributed by atoms with E-state index in [1.165, 1.54) is 0 Å². The molecule has 1 rings (SSSR count). The molecular weight excluding hydrogens is 296 g/mol. The minimum absolute atomic E-state index is 0.0743. The van der Waals surface area contributed by atoms with Gasteiger partial charge in [-0.25, -0.2) is 0 Å². The van der Waals surface area contributed by atoms with Crippen LogP contribution in [0.3, 0.4) is 0 Å². The Balaban J connectivity index is 3.34. The molecule has 0 radical (unpaired) electrons. The average Bonchev–Trinajstić information content (AvgIpc) is 2.37. The van der Waals surface area contributed by atoms with Crippen molar-refractivity contribution in [2.75, 3.05) is 14.2 Å². The largest absolute Gasteiger partial charge is 0.495 e. The molecule has 1 aromatic carbocycles. The summed E-state index contributed by atoms with van der Waals surface area (Å²) in [7, 11) is 3.13. The van der Waals surface area contributed by atoms with Crippen molar-refractivity contribution < 1.29 is 14.3 Å². The van der Waals surface area contributed by atoms with Gasteiger partial charge in [0.15, 0.2) is 5.78 Å². The Hall–Kier alpha value is -1.03. The molecule has 0 aromatic heterocycles. The normalized spacial score (nSPS) is 11.2. The fraction of sp³-hybridized carbons (Fsp3) is 0.500. The maximum Gasteiger partial charge on any atom is 0.172 e. The van der Waals surface area contributed by atoms with Gasteiger partial charge in [0.05, 0.1) is 19.8 Å². The van der Waals surface area contributed by atoms with Crippen LogP contribution in [0, 0.1) is 5.41 Å². The molecule has 0 saturated carbocycles. The van der Waals surface area contributed by atoms with Gasteiger partial charge < -0.3 is 9.47 Å². The monoisotopic (exact) mass is 314 g/mol. The summed E-state index contributed by atoms with van der Waals surface area (Å²) in [6, 6.07) is 3.52. The lowest BCUT2D eigenvalue weighted by molar-refractivity contribution is 0.0829. The first-order chi connectivity index (χ1) is 8.38. The highest BCUT2D eigenvalue weighted by Gasteiger charge is 2.30. The van der Waals surface area contributed by atoms with E-state index in [4.69, 9.17) is 9.47 Å². The van der Waals surface area contributed by atoms with Crippen LogP contribution in [0.25, 0.3) is 0 Å². The van der Waals surface area contributed by atoms with E-state index in [1.54, 1.807) is 26.4 Å². The number of halogens is 1. The van der Waals surface area contributed by atoms with Crippen LogP contribution in [0.4, 0.5) is 0 Å². The molecule has 0 saturated heterocycles. The molecule has 0 bridgehead atoms. The topological polar surface area (TPSA) is 35.5 Å². The van der Waals surface area contributed by atoms with Crippen molar-refractivity contribution in [3.05, 3.63) is 22.2 Å². The van der Waals surface area contributed by atoms with Gasteiger partial charge in [-0.15, -0.1) is 0 Å². The van der Waals surface area contributed by atoms with Crippen molar-refractivity contribution in [3.63, 3.8) is 0 Å². The van der Waals surface area contributed by atoms with Gasteiger partial charge in [-0.2, -0.15) is 0 Å². The van der Waals surface area contributed by atoms with E-state index in [2.05, 4.69) is 15.9 Å². The fourth-order valence-electron chi connectivity index (χ4n) is 1.60. The quantitative estimate of drug-likeness (QED) is 0.768. The van der Waals surface area contributed by atoms with E-state index < -0.39 is 5.41 Å². The molecule has 0 N–H and O–H groups in total. The summed E-state index contributed by atoms with van der Waals surface area (Å²) >= 11 is 3.41. The molecule has 0 aliphatic heterocycles. The molecule has 100 valence electrons. The van der Waals surface area contributed by atoms with Gasteiger partial charge in [0.2, 0.25) is 0 Å². The Kier molecular flexibility index (Phi) is 4.79. The molecule has 0 fully saturated rings. The Labute approximate surface area is 117 Å². The lowest BCUT2D eigenvalue weighted by atomic mass is 9.82. The highest BCUT2D eigenvalue weighted by Crippen LogP contribution is 2.40. The summed E-state index contributed by atoms with van der Waals surface area (Å²) in [5.41, 5.74) is 0.179. The van der Waals surface area contributed by atoms with Gasteiger partial charge in [-0.05, 0) is 34.5 Å². The van der Waals surface area contributed by atoms with Crippen molar-refractivity contribution in [1.29, 1.82) is 0 Å². The number of benzene rings is 1. The first-order valence-electron chi connectivity index (χ1n) is 5.84. The second-order valence-corrected chi connectivity index (χ2v) is 5.52. The van der Waals surface area contributed by atoms with E-state index in [9.17, 15) is 4.79 Å². The summed E-state index contributed by atoms with van der Waals surface area (Å²) in [4.78, 5) is 12.5. The first kappa shape index (κ1) is 15.0. The second kappa shape index (κ2) is 5.74. The molecule has 0 aliphatic carbocycles. The second-order valence-electron chi connectivity index (χ2n) is 4.73. The number of ether oxygens (including phenoxy) is 2. The third-order valence-corrected chi connectivity index (χ3v) is 3.98. The molecule has 0 spiro atoms. The standard InChI is InChI=1S/C14H19BrO3/c1-6-14(2,3)13(16)9-7-8-10(17-4)11(15)12(9)18-5/h7-8H,6H2,1-5H3. The molecule has 3 nitrogen and oxygen atoms in total. The maximum absolute atomic E-state index is 12.5. The highest BCUT2D eigenvalue weighted by atomic mass is 79.9. The molecule has 0 atom stereocenters. The number of methoxy groups -OCH3 is 2. The lowest BCUT2D eigenvalue weighted by Gasteiger charge is -2.23. The van der Waals surface area contributed by atoms with Gasteiger partial charge in [-0.3, -0.25) is 4.79 Å². The van der Waals surface area contributed by atoms with Crippen molar-refractivity contribution in [1.82, 2.24) is 0 Å². The van der Waals surface area contributed by atoms with Crippen molar-refractivity contribution in [3.8, 4) is 11.5 Å². The molecule has 0 heterocycles. The lowest BCUT2D eigenvalue weighted by Crippen LogP contribution is -2.24. The van der Waals surface area contributed by atoms with Gasteiger partial charge in [0.25, 0.3) is 0 Å². The molecule has 18 heavy (non-hydrogen) atoms. The summed E-state index contributed by atoms with van der Waals surface area (Å²) in [6.07, 6.45) is 0.776. The summed E-state index contributed by atoms with van der Waals surface area (Å²) < 4.78 is 11.2. The molecule has 1 aromatic rings. The Morgan fingerprint density at radius 1 is 1.28 bits per heavy atom. The minimum Gasteiger partial charge on any atom is -0.495 e. The van der Waals surface area contributed by atoms with Crippen LogP contribution >= 0.6 is 15.9 Å².